The smallest absolute Gasteiger partial charge is 0.347 e. The molecule has 0 saturated heterocycles. The van der Waals surface area contributed by atoms with E-state index in [2.05, 4.69) is 17.3 Å². The number of nitrogens with zero attached hydrogens (tertiary/aromatic N) is 2. The largest absolute Gasteiger partial charge is 0.494 e. The number of alkyl halides is 2. The van der Waals surface area contributed by atoms with Crippen LogP contribution in [0.5, 0.6) is 5.75 Å². The molecule has 0 aliphatic carbocycles. The van der Waals surface area contributed by atoms with Crippen LogP contribution in [0.25, 0.3) is 0 Å². The minimum Gasteiger partial charge on any atom is -0.494 e. The lowest BCUT2D eigenvalue weighted by molar-refractivity contribution is 0.253. The zero-order valence-corrected chi connectivity index (χ0v) is 23.7. The van der Waals surface area contributed by atoms with Gasteiger partial charge in [0.25, 0.3) is 5.56 Å². The van der Waals surface area contributed by atoms with Gasteiger partial charge in [-0.15, -0.1) is 28.0 Å². The normalized spacial score (nSPS) is 12.6. The Morgan fingerprint density at radius 3 is 2.39 bits per heavy atom. The van der Waals surface area contributed by atoms with Gasteiger partial charge in [-0.3, -0.25) is 9.89 Å². The van der Waals surface area contributed by atoms with Crippen LogP contribution < -0.4 is 20.6 Å². The van der Waals surface area contributed by atoms with Gasteiger partial charge in [-0.25, -0.2) is 4.79 Å². The lowest BCUT2D eigenvalue weighted by Crippen LogP contribution is -2.45. The predicted octanol–water partition coefficient (Wildman–Crippen LogP) is 7.58. The number of methoxy groups -OCH3 is 1. The molecule has 2 amide bonds. The summed E-state index contributed by atoms with van der Waals surface area (Å²) in [7, 11) is 1.56. The van der Waals surface area contributed by atoms with Gasteiger partial charge in [0, 0.05) is 28.7 Å². The fourth-order valence-corrected chi connectivity index (χ4v) is 5.30. The average Bonchev–Trinajstić information content (AvgIpc) is 3.32. The molecule has 0 spiro atoms. The van der Waals surface area contributed by atoms with E-state index in [-0.39, 0.29) is 16.3 Å². The number of hydrogen-bond acceptors (Lipinski definition) is 3. The highest BCUT2D eigenvalue weighted by atomic mass is 35.5. The molecule has 3 aromatic rings. The number of halogens is 2. The van der Waals surface area contributed by atoms with Crippen LogP contribution in [0.4, 0.5) is 16.2 Å². The van der Waals surface area contributed by atoms with Crippen LogP contribution >= 0.6 is 23.2 Å². The molecule has 38 heavy (non-hydrogen) atoms. The molecule has 0 radical (unpaired) electrons. The van der Waals surface area contributed by atoms with Crippen LogP contribution in [0.15, 0.2) is 65.6 Å². The van der Waals surface area contributed by atoms with E-state index in [1.165, 1.54) is 36.5 Å². The zero-order chi connectivity index (χ0) is 27.3. The van der Waals surface area contributed by atoms with Crippen molar-refractivity contribution in [1.29, 1.82) is 0 Å². The molecular formula is C29H38Cl2N4O3. The first-order valence-corrected chi connectivity index (χ1v) is 14.2. The molecule has 0 fully saturated rings. The second-order valence-corrected chi connectivity index (χ2v) is 10.6. The molecular weight excluding hydrogens is 523 g/mol. The van der Waals surface area contributed by atoms with Crippen LogP contribution in [0.3, 0.4) is 0 Å². The maximum absolute atomic E-state index is 13.4. The molecule has 1 aromatic heterocycles. The van der Waals surface area contributed by atoms with Crippen molar-refractivity contribution in [3.8, 4) is 5.75 Å². The number of benzene rings is 2. The van der Waals surface area contributed by atoms with E-state index in [0.29, 0.717) is 23.5 Å². The second-order valence-electron chi connectivity index (χ2n) is 9.36. The number of para-hydroxylation sites is 2. The summed E-state index contributed by atoms with van der Waals surface area (Å²) in [5, 5.41) is 7.02. The summed E-state index contributed by atoms with van der Waals surface area (Å²) in [4.78, 5) is 27.1. The molecule has 2 N–H and O–H groups in total. The molecule has 3 rings (SSSR count). The van der Waals surface area contributed by atoms with Crippen molar-refractivity contribution >= 4 is 40.6 Å². The molecule has 2 atom stereocenters. The van der Waals surface area contributed by atoms with Crippen molar-refractivity contribution in [2.45, 2.75) is 75.5 Å². The van der Waals surface area contributed by atoms with Crippen LogP contribution in [0.1, 0.15) is 63.9 Å². The number of hydrogen-bond donors (Lipinski definition) is 2. The molecule has 9 heteroatoms. The SMILES string of the molecule is CCCCCCC(Cl)CC(Cl)CCCc1cccc(N(C(=O)Nc2ccccc2)n2[nH]ccc2=O)c1OC. The van der Waals surface area contributed by atoms with Crippen LogP contribution in [0, 0.1) is 0 Å². The highest BCUT2D eigenvalue weighted by Gasteiger charge is 2.25. The third-order valence-electron chi connectivity index (χ3n) is 6.40. The van der Waals surface area contributed by atoms with E-state index in [0.717, 1.165) is 42.5 Å². The first kappa shape index (κ1) is 29.7. The van der Waals surface area contributed by atoms with Crippen LogP contribution in [0.2, 0.25) is 0 Å². The van der Waals surface area contributed by atoms with E-state index in [4.69, 9.17) is 27.9 Å². The molecule has 0 saturated carbocycles. The first-order chi connectivity index (χ1) is 18.4. The maximum Gasteiger partial charge on any atom is 0.347 e. The summed E-state index contributed by atoms with van der Waals surface area (Å²) >= 11 is 13.1. The third kappa shape index (κ3) is 8.57. The van der Waals surface area contributed by atoms with E-state index in [9.17, 15) is 9.59 Å². The number of amides is 2. The summed E-state index contributed by atoms with van der Waals surface area (Å²) in [5.74, 6) is 0.523. The fourth-order valence-electron chi connectivity index (χ4n) is 4.47. The second kappa shape index (κ2) is 15.5. The van der Waals surface area contributed by atoms with Crippen molar-refractivity contribution in [2.75, 3.05) is 17.4 Å². The van der Waals surface area contributed by atoms with Gasteiger partial charge in [0.05, 0.1) is 7.11 Å². The third-order valence-corrected chi connectivity index (χ3v) is 7.20. The average molecular weight is 562 g/mol. The highest BCUT2D eigenvalue weighted by Crippen LogP contribution is 2.34. The van der Waals surface area contributed by atoms with Crippen molar-refractivity contribution in [2.24, 2.45) is 0 Å². The van der Waals surface area contributed by atoms with Crippen molar-refractivity contribution in [3.63, 3.8) is 0 Å². The number of H-pyrrole nitrogens is 1. The standard InChI is InChI=1S/C29H38Cl2N4O3/c1-3-4-5-7-14-23(30)21-24(31)15-10-12-22-13-11-18-26(28(22)38-2)34(35-27(36)19-20-32-35)29(37)33-25-16-8-6-9-17-25/h6,8-9,11,13,16-20,23-24,32H,3-5,7,10,12,14-15,21H2,1-2H3,(H,33,37). The van der Waals surface area contributed by atoms with Crippen LogP contribution in [-0.2, 0) is 6.42 Å². The van der Waals surface area contributed by atoms with E-state index < -0.39 is 6.03 Å². The summed E-state index contributed by atoms with van der Waals surface area (Å²) in [6.45, 7) is 2.20. The number of aryl methyl sites for hydroxylation is 1. The number of aromatic amines is 1. The molecule has 0 bridgehead atoms. The van der Waals surface area contributed by atoms with Gasteiger partial charge in [0.15, 0.2) is 0 Å². The number of unbranched alkanes of at least 4 members (excludes halogenated alkanes) is 3. The molecule has 2 aromatic carbocycles. The minimum absolute atomic E-state index is 0.00324. The molecule has 0 aliphatic heterocycles. The summed E-state index contributed by atoms with van der Waals surface area (Å²) in [6, 6.07) is 15.5. The quantitative estimate of drug-likeness (QED) is 0.148. The Bertz CT molecular complexity index is 1180. The van der Waals surface area contributed by atoms with Crippen LogP contribution in [-0.4, -0.2) is 33.8 Å². The van der Waals surface area contributed by atoms with E-state index in [1.807, 2.05) is 30.3 Å². The van der Waals surface area contributed by atoms with Crippen molar-refractivity contribution < 1.29 is 9.53 Å². The topological polar surface area (TPSA) is 79.4 Å². The van der Waals surface area contributed by atoms with Gasteiger partial charge in [0.1, 0.15) is 11.4 Å². The highest BCUT2D eigenvalue weighted by molar-refractivity contribution is 6.23. The van der Waals surface area contributed by atoms with Gasteiger partial charge in [-0.2, -0.15) is 5.01 Å². The Kier molecular flexibility index (Phi) is 12.1. The van der Waals surface area contributed by atoms with Crippen molar-refractivity contribution in [3.05, 3.63) is 76.7 Å². The number of carbonyl (C=O) groups excluding carboxylic acids is 1. The maximum atomic E-state index is 13.4. The number of carbonyl (C=O) groups is 1. The monoisotopic (exact) mass is 560 g/mol. The molecule has 0 aliphatic rings. The number of ether oxygens (including phenoxy) is 1. The summed E-state index contributed by atoms with van der Waals surface area (Å²) < 4.78 is 5.78. The lowest BCUT2D eigenvalue weighted by atomic mass is 10.0. The molecule has 2 unspecified atom stereocenters. The van der Waals surface area contributed by atoms with E-state index in [1.54, 1.807) is 25.3 Å². The summed E-state index contributed by atoms with van der Waals surface area (Å²) in [6.07, 6.45) is 10.5. The lowest BCUT2D eigenvalue weighted by Gasteiger charge is -2.25. The first-order valence-electron chi connectivity index (χ1n) is 13.3. The molecule has 1 heterocycles. The minimum atomic E-state index is -0.510. The Morgan fingerprint density at radius 1 is 1.00 bits per heavy atom. The number of anilines is 2. The Balaban J connectivity index is 1.72. The Hall–Kier alpha value is -2.90. The molecule has 206 valence electrons. The van der Waals surface area contributed by atoms with Gasteiger partial charge in [0.2, 0.25) is 0 Å². The summed E-state index contributed by atoms with van der Waals surface area (Å²) in [5.41, 5.74) is 1.59. The zero-order valence-electron chi connectivity index (χ0n) is 22.2. The molecule has 7 nitrogen and oxygen atoms in total. The van der Waals surface area contributed by atoms with Crippen molar-refractivity contribution in [1.82, 2.24) is 9.89 Å². The Labute approximate surface area is 235 Å². The van der Waals surface area contributed by atoms with Gasteiger partial charge in [-0.1, -0.05) is 62.9 Å². The fraction of sp³-hybridized carbons (Fsp3) is 0.448. The van der Waals surface area contributed by atoms with E-state index >= 15 is 0 Å². The van der Waals surface area contributed by atoms with Gasteiger partial charge >= 0.3 is 6.03 Å². The van der Waals surface area contributed by atoms with Gasteiger partial charge < -0.3 is 10.1 Å². The number of rotatable bonds is 15. The van der Waals surface area contributed by atoms with Gasteiger partial charge in [-0.05, 0) is 55.9 Å². The number of urea groups is 1. The predicted molar refractivity (Wildman–Crippen MR) is 157 cm³/mol. The number of aromatic nitrogens is 2. The number of nitrogens with one attached hydrogen (secondary N) is 2. The Morgan fingerprint density at radius 2 is 1.74 bits per heavy atom.